The maximum absolute atomic E-state index is 12.1. The molecule has 0 bridgehead atoms. The lowest BCUT2D eigenvalue weighted by atomic mass is 10.1. The van der Waals surface area contributed by atoms with Crippen LogP contribution in [0.1, 0.15) is 22.8 Å². The van der Waals surface area contributed by atoms with Gasteiger partial charge in [0.25, 0.3) is 5.91 Å². The smallest absolute Gasteiger partial charge is 0.256 e. The van der Waals surface area contributed by atoms with Gasteiger partial charge in [-0.2, -0.15) is 0 Å². The van der Waals surface area contributed by atoms with Gasteiger partial charge in [0.2, 0.25) is 5.91 Å². The topological polar surface area (TPSA) is 49.4 Å². The Morgan fingerprint density at radius 1 is 1.33 bits per heavy atom. The molecule has 2 aromatic rings. The van der Waals surface area contributed by atoms with E-state index in [4.69, 9.17) is 0 Å². The van der Waals surface area contributed by atoms with E-state index in [1.807, 2.05) is 23.6 Å². The maximum atomic E-state index is 12.1. The summed E-state index contributed by atoms with van der Waals surface area (Å²) in [6.45, 7) is 2.28. The van der Waals surface area contributed by atoms with Crippen LogP contribution in [0.4, 0.5) is 11.4 Å². The molecule has 2 amide bonds. The van der Waals surface area contributed by atoms with Crippen LogP contribution >= 0.6 is 27.3 Å². The van der Waals surface area contributed by atoms with Crippen LogP contribution in [-0.2, 0) is 11.2 Å². The van der Waals surface area contributed by atoms with E-state index >= 15 is 0 Å². The summed E-state index contributed by atoms with van der Waals surface area (Å²) in [6, 6.07) is 7.46. The number of anilines is 2. The SMILES string of the molecule is CC(=O)N1CCc2cc(NC(=O)c3csc(Br)c3)ccc21. The lowest BCUT2D eigenvalue weighted by Crippen LogP contribution is -2.25. The molecular formula is C15H13BrN2O2S. The Morgan fingerprint density at radius 2 is 2.14 bits per heavy atom. The second kappa shape index (κ2) is 5.61. The van der Waals surface area contributed by atoms with Gasteiger partial charge in [-0.3, -0.25) is 9.59 Å². The highest BCUT2D eigenvalue weighted by Crippen LogP contribution is 2.30. The van der Waals surface area contributed by atoms with Crippen molar-refractivity contribution in [3.63, 3.8) is 0 Å². The molecule has 0 saturated heterocycles. The number of amides is 2. The van der Waals surface area contributed by atoms with E-state index in [0.29, 0.717) is 12.1 Å². The van der Waals surface area contributed by atoms with Crippen LogP contribution in [0, 0.1) is 0 Å². The first-order valence-corrected chi connectivity index (χ1v) is 8.18. The van der Waals surface area contributed by atoms with Gasteiger partial charge in [0.05, 0.1) is 9.35 Å². The average Bonchev–Trinajstić information content (AvgIpc) is 3.04. The van der Waals surface area contributed by atoms with Gasteiger partial charge in [-0.05, 0) is 52.2 Å². The number of thiophene rings is 1. The first kappa shape index (κ1) is 14.3. The Morgan fingerprint density at radius 3 is 2.81 bits per heavy atom. The predicted octanol–water partition coefficient (Wildman–Crippen LogP) is 3.67. The summed E-state index contributed by atoms with van der Waals surface area (Å²) >= 11 is 4.83. The molecule has 0 radical (unpaired) electrons. The molecule has 21 heavy (non-hydrogen) atoms. The van der Waals surface area contributed by atoms with Gasteiger partial charge in [0, 0.05) is 30.2 Å². The lowest BCUT2D eigenvalue weighted by molar-refractivity contribution is -0.116. The summed E-state index contributed by atoms with van der Waals surface area (Å²) in [7, 11) is 0. The number of benzene rings is 1. The van der Waals surface area contributed by atoms with Crippen LogP contribution in [0.2, 0.25) is 0 Å². The van der Waals surface area contributed by atoms with Crippen molar-refractivity contribution in [2.45, 2.75) is 13.3 Å². The molecule has 0 saturated carbocycles. The summed E-state index contributed by atoms with van der Waals surface area (Å²) in [5.74, 6) is -0.0769. The number of nitrogens with one attached hydrogen (secondary N) is 1. The third-order valence-corrected chi connectivity index (χ3v) is 4.95. The molecule has 1 aromatic carbocycles. The monoisotopic (exact) mass is 364 g/mol. The summed E-state index contributed by atoms with van der Waals surface area (Å²) in [6.07, 6.45) is 0.822. The van der Waals surface area contributed by atoms with Gasteiger partial charge in [0.1, 0.15) is 0 Å². The van der Waals surface area contributed by atoms with Gasteiger partial charge in [-0.1, -0.05) is 0 Å². The summed E-state index contributed by atoms with van der Waals surface area (Å²) < 4.78 is 0.929. The molecule has 0 spiro atoms. The molecule has 0 aliphatic carbocycles. The van der Waals surface area contributed by atoms with Crippen molar-refractivity contribution >= 4 is 50.5 Å². The van der Waals surface area contributed by atoms with Gasteiger partial charge >= 0.3 is 0 Å². The fraction of sp³-hybridized carbons (Fsp3) is 0.200. The zero-order valence-electron chi connectivity index (χ0n) is 11.4. The third-order valence-electron chi connectivity index (χ3n) is 3.44. The van der Waals surface area contributed by atoms with Crippen molar-refractivity contribution in [2.75, 3.05) is 16.8 Å². The van der Waals surface area contributed by atoms with E-state index in [1.54, 1.807) is 17.9 Å². The normalized spacial score (nSPS) is 13.1. The zero-order chi connectivity index (χ0) is 15.0. The molecule has 108 valence electrons. The van der Waals surface area contributed by atoms with E-state index in [0.717, 1.165) is 27.1 Å². The maximum Gasteiger partial charge on any atom is 0.256 e. The molecule has 2 heterocycles. The van der Waals surface area contributed by atoms with Crippen molar-refractivity contribution in [1.29, 1.82) is 0 Å². The Labute approximate surface area is 134 Å². The van der Waals surface area contributed by atoms with E-state index in [9.17, 15) is 9.59 Å². The number of nitrogens with zero attached hydrogens (tertiary/aromatic N) is 1. The van der Waals surface area contributed by atoms with Crippen LogP contribution in [0.3, 0.4) is 0 Å². The molecule has 1 aromatic heterocycles. The number of hydrogen-bond donors (Lipinski definition) is 1. The second-order valence-electron chi connectivity index (χ2n) is 4.86. The molecule has 6 heteroatoms. The molecule has 0 atom stereocenters. The van der Waals surface area contributed by atoms with Crippen LogP contribution in [0.15, 0.2) is 33.4 Å². The molecule has 0 unspecified atom stereocenters. The standard InChI is InChI=1S/C15H13BrN2O2S/c1-9(19)18-5-4-10-6-12(2-3-13(10)18)17-15(20)11-7-14(16)21-8-11/h2-3,6-8H,4-5H2,1H3,(H,17,20). The number of halogens is 1. The Bertz CT molecular complexity index is 726. The quantitative estimate of drug-likeness (QED) is 0.883. The van der Waals surface area contributed by atoms with E-state index in [1.165, 1.54) is 11.3 Å². The minimum atomic E-state index is -0.127. The number of hydrogen-bond acceptors (Lipinski definition) is 3. The first-order chi connectivity index (χ1) is 10.0. The number of carbonyl (C=O) groups excluding carboxylic acids is 2. The molecule has 0 fully saturated rings. The number of carbonyl (C=O) groups is 2. The van der Waals surface area contributed by atoms with Crippen molar-refractivity contribution in [2.24, 2.45) is 0 Å². The first-order valence-electron chi connectivity index (χ1n) is 6.51. The molecule has 1 aliphatic heterocycles. The van der Waals surface area contributed by atoms with Crippen molar-refractivity contribution in [1.82, 2.24) is 0 Å². The van der Waals surface area contributed by atoms with Gasteiger partial charge in [0.15, 0.2) is 0 Å². The molecule has 3 rings (SSSR count). The van der Waals surface area contributed by atoms with Crippen LogP contribution < -0.4 is 10.2 Å². The predicted molar refractivity (Wildman–Crippen MR) is 88.1 cm³/mol. The van der Waals surface area contributed by atoms with E-state index in [2.05, 4.69) is 21.2 Å². The highest BCUT2D eigenvalue weighted by Gasteiger charge is 2.22. The van der Waals surface area contributed by atoms with E-state index < -0.39 is 0 Å². The Balaban J connectivity index is 1.79. The highest BCUT2D eigenvalue weighted by atomic mass is 79.9. The fourth-order valence-corrected chi connectivity index (χ4v) is 3.58. The molecule has 1 aliphatic rings. The van der Waals surface area contributed by atoms with Crippen molar-refractivity contribution < 1.29 is 9.59 Å². The highest BCUT2D eigenvalue weighted by molar-refractivity contribution is 9.11. The molecule has 4 nitrogen and oxygen atoms in total. The largest absolute Gasteiger partial charge is 0.322 e. The third kappa shape index (κ3) is 2.87. The molecule has 1 N–H and O–H groups in total. The van der Waals surface area contributed by atoms with Crippen LogP contribution in [0.5, 0.6) is 0 Å². The van der Waals surface area contributed by atoms with E-state index in [-0.39, 0.29) is 11.8 Å². The van der Waals surface area contributed by atoms with Crippen LogP contribution in [-0.4, -0.2) is 18.4 Å². The number of rotatable bonds is 2. The summed E-state index contributed by atoms with van der Waals surface area (Å²) in [5, 5.41) is 4.70. The minimum Gasteiger partial charge on any atom is -0.322 e. The lowest BCUT2D eigenvalue weighted by Gasteiger charge is -2.15. The second-order valence-corrected chi connectivity index (χ2v) is 7.15. The molecular weight excluding hydrogens is 352 g/mol. The van der Waals surface area contributed by atoms with Gasteiger partial charge in [-0.25, -0.2) is 0 Å². The Kier molecular flexibility index (Phi) is 3.82. The summed E-state index contributed by atoms with van der Waals surface area (Å²) in [4.78, 5) is 25.4. The Hall–Kier alpha value is -1.66. The van der Waals surface area contributed by atoms with Gasteiger partial charge < -0.3 is 10.2 Å². The summed E-state index contributed by atoms with van der Waals surface area (Å²) in [5.41, 5.74) is 3.43. The number of fused-ring (bicyclic) bond motifs is 1. The van der Waals surface area contributed by atoms with Crippen molar-refractivity contribution in [3.05, 3.63) is 44.6 Å². The van der Waals surface area contributed by atoms with Crippen molar-refractivity contribution in [3.8, 4) is 0 Å². The zero-order valence-corrected chi connectivity index (χ0v) is 13.8. The minimum absolute atomic E-state index is 0.0497. The van der Waals surface area contributed by atoms with Crippen LogP contribution in [0.25, 0.3) is 0 Å². The van der Waals surface area contributed by atoms with Gasteiger partial charge in [-0.15, -0.1) is 11.3 Å². The average molecular weight is 365 g/mol. The fourth-order valence-electron chi connectivity index (χ4n) is 2.44.